The van der Waals surface area contributed by atoms with Gasteiger partial charge in [0.25, 0.3) is 0 Å². The fraction of sp³-hybridized carbons (Fsp3) is 0.267. The van der Waals surface area contributed by atoms with Crippen LogP contribution >= 0.6 is 0 Å². The van der Waals surface area contributed by atoms with Gasteiger partial charge in [0.1, 0.15) is 6.33 Å². The summed E-state index contributed by atoms with van der Waals surface area (Å²) in [5.41, 5.74) is 8.49. The third-order valence-corrected chi connectivity index (χ3v) is 3.34. The van der Waals surface area contributed by atoms with E-state index in [1.807, 2.05) is 34.9 Å². The summed E-state index contributed by atoms with van der Waals surface area (Å²) in [5.74, 6) is 0.855. The van der Waals surface area contributed by atoms with E-state index >= 15 is 0 Å². The van der Waals surface area contributed by atoms with Gasteiger partial charge < -0.3 is 10.6 Å². The molecule has 0 bridgehead atoms. The smallest absolute Gasteiger partial charge is 0.203 e. The maximum Gasteiger partial charge on any atom is 0.203 e. The van der Waals surface area contributed by atoms with Crippen molar-refractivity contribution in [3.8, 4) is 0 Å². The van der Waals surface area contributed by atoms with Crippen molar-refractivity contribution in [1.29, 1.82) is 0 Å². The molecule has 0 radical (unpaired) electrons. The molecule has 2 N–H and O–H groups in total. The minimum Gasteiger partial charge on any atom is -0.399 e. The molecule has 0 aliphatic carbocycles. The van der Waals surface area contributed by atoms with Gasteiger partial charge in [-0.25, -0.2) is 4.98 Å². The number of nitrogen functional groups attached to an aromatic ring is 1. The maximum atomic E-state index is 5.74. The zero-order chi connectivity index (χ0) is 14.7. The number of anilines is 2. The van der Waals surface area contributed by atoms with Crippen molar-refractivity contribution in [2.45, 2.75) is 19.9 Å². The summed E-state index contributed by atoms with van der Waals surface area (Å²) in [6, 6.07) is 7.93. The summed E-state index contributed by atoms with van der Waals surface area (Å²) in [4.78, 5) is 6.71. The van der Waals surface area contributed by atoms with Gasteiger partial charge in [0, 0.05) is 31.2 Å². The first kappa shape index (κ1) is 13.4. The number of rotatable bonds is 5. The summed E-state index contributed by atoms with van der Waals surface area (Å²) in [6.45, 7) is 3.83. The van der Waals surface area contributed by atoms with E-state index in [2.05, 4.69) is 27.0 Å². The Labute approximate surface area is 123 Å². The highest BCUT2D eigenvalue weighted by Gasteiger charge is 2.13. The molecule has 6 nitrogen and oxygen atoms in total. The molecule has 0 amide bonds. The molecule has 0 spiro atoms. The Bertz CT molecular complexity index is 718. The molecular weight excluding hydrogens is 264 g/mol. The van der Waals surface area contributed by atoms with Crippen LogP contribution < -0.4 is 10.6 Å². The van der Waals surface area contributed by atoms with Crippen LogP contribution in [0.15, 0.2) is 43.0 Å². The van der Waals surface area contributed by atoms with Crippen LogP contribution in [0, 0.1) is 0 Å². The number of nitrogens with two attached hydrogens (primary N) is 1. The molecule has 3 rings (SSSR count). The van der Waals surface area contributed by atoms with Crippen LogP contribution in [0.4, 0.5) is 11.5 Å². The van der Waals surface area contributed by atoms with E-state index in [1.165, 1.54) is 5.56 Å². The molecule has 21 heavy (non-hydrogen) atoms. The molecule has 108 valence electrons. The van der Waals surface area contributed by atoms with Gasteiger partial charge in [-0.2, -0.15) is 0 Å². The SMILES string of the molecule is CCCN(Cc1ccc(N)cc1)c1nccn2cnnc12. The molecule has 0 atom stereocenters. The highest BCUT2D eigenvalue weighted by Crippen LogP contribution is 2.19. The Morgan fingerprint density at radius 1 is 1.24 bits per heavy atom. The largest absolute Gasteiger partial charge is 0.399 e. The molecule has 2 heterocycles. The molecule has 0 aliphatic heterocycles. The third kappa shape index (κ3) is 2.79. The van der Waals surface area contributed by atoms with Crippen molar-refractivity contribution in [2.75, 3.05) is 17.2 Å². The lowest BCUT2D eigenvalue weighted by Gasteiger charge is -2.23. The van der Waals surface area contributed by atoms with Crippen molar-refractivity contribution in [1.82, 2.24) is 19.6 Å². The number of hydrogen-bond acceptors (Lipinski definition) is 5. The van der Waals surface area contributed by atoms with E-state index in [4.69, 9.17) is 5.73 Å². The molecule has 6 heteroatoms. The second kappa shape index (κ2) is 5.78. The standard InChI is InChI=1S/C15H18N6/c1-2-8-20(10-12-3-5-13(16)6-4-12)14-15-19-18-11-21(15)9-7-17-14/h3-7,9,11H,2,8,10,16H2,1H3. The molecule has 2 aromatic heterocycles. The lowest BCUT2D eigenvalue weighted by molar-refractivity contribution is 0.754. The molecule has 0 unspecified atom stereocenters. The first-order chi connectivity index (χ1) is 10.3. The summed E-state index contributed by atoms with van der Waals surface area (Å²) in [5, 5.41) is 8.12. The van der Waals surface area contributed by atoms with Gasteiger partial charge >= 0.3 is 0 Å². The summed E-state index contributed by atoms with van der Waals surface area (Å²) in [6.07, 6.45) is 6.35. The van der Waals surface area contributed by atoms with Crippen LogP contribution in [0.25, 0.3) is 5.65 Å². The van der Waals surface area contributed by atoms with Crippen LogP contribution in [-0.4, -0.2) is 26.1 Å². The average molecular weight is 282 g/mol. The van der Waals surface area contributed by atoms with E-state index in [1.54, 1.807) is 12.5 Å². The third-order valence-electron chi connectivity index (χ3n) is 3.34. The van der Waals surface area contributed by atoms with Gasteiger partial charge in [-0.3, -0.25) is 4.40 Å². The van der Waals surface area contributed by atoms with Crippen molar-refractivity contribution < 1.29 is 0 Å². The Balaban J connectivity index is 1.93. The lowest BCUT2D eigenvalue weighted by atomic mass is 10.2. The van der Waals surface area contributed by atoms with E-state index in [-0.39, 0.29) is 0 Å². The highest BCUT2D eigenvalue weighted by atomic mass is 15.3. The number of benzene rings is 1. The average Bonchev–Trinajstić information content (AvgIpc) is 2.97. The van der Waals surface area contributed by atoms with E-state index in [0.717, 1.165) is 36.7 Å². The lowest BCUT2D eigenvalue weighted by Crippen LogP contribution is -2.25. The highest BCUT2D eigenvalue weighted by molar-refractivity contribution is 5.63. The summed E-state index contributed by atoms with van der Waals surface area (Å²) >= 11 is 0. The zero-order valence-electron chi connectivity index (χ0n) is 12.0. The molecule has 3 aromatic rings. The van der Waals surface area contributed by atoms with Crippen molar-refractivity contribution in [3.05, 3.63) is 48.5 Å². The van der Waals surface area contributed by atoms with Gasteiger partial charge in [-0.15, -0.1) is 10.2 Å². The second-order valence-electron chi connectivity index (χ2n) is 4.98. The fourth-order valence-corrected chi connectivity index (χ4v) is 2.34. The van der Waals surface area contributed by atoms with Gasteiger partial charge in [0.15, 0.2) is 5.82 Å². The van der Waals surface area contributed by atoms with Gasteiger partial charge in [-0.05, 0) is 24.1 Å². The van der Waals surface area contributed by atoms with Crippen LogP contribution in [0.5, 0.6) is 0 Å². The Morgan fingerprint density at radius 2 is 2.05 bits per heavy atom. The zero-order valence-corrected chi connectivity index (χ0v) is 12.0. The van der Waals surface area contributed by atoms with E-state index in [0.29, 0.717) is 0 Å². The van der Waals surface area contributed by atoms with Crippen LogP contribution in [0.1, 0.15) is 18.9 Å². The minimum absolute atomic E-state index is 0.771. The Kier molecular flexibility index (Phi) is 3.68. The van der Waals surface area contributed by atoms with Gasteiger partial charge in [0.05, 0.1) is 0 Å². The van der Waals surface area contributed by atoms with Crippen LogP contribution in [-0.2, 0) is 6.54 Å². The Hall–Kier alpha value is -2.63. The molecular formula is C15H18N6. The van der Waals surface area contributed by atoms with E-state index < -0.39 is 0 Å². The summed E-state index contributed by atoms with van der Waals surface area (Å²) in [7, 11) is 0. The molecule has 0 aliphatic rings. The predicted octanol–water partition coefficient (Wildman–Crippen LogP) is 2.12. The minimum atomic E-state index is 0.771. The predicted molar refractivity (Wildman–Crippen MR) is 83.0 cm³/mol. The second-order valence-corrected chi connectivity index (χ2v) is 4.98. The molecule has 0 saturated heterocycles. The topological polar surface area (TPSA) is 72.3 Å². The number of fused-ring (bicyclic) bond motifs is 1. The van der Waals surface area contributed by atoms with Crippen LogP contribution in [0.3, 0.4) is 0 Å². The van der Waals surface area contributed by atoms with E-state index in [9.17, 15) is 0 Å². The first-order valence-corrected chi connectivity index (χ1v) is 7.01. The maximum absolute atomic E-state index is 5.74. The van der Waals surface area contributed by atoms with Crippen LogP contribution in [0.2, 0.25) is 0 Å². The normalized spacial score (nSPS) is 10.9. The molecule has 0 saturated carbocycles. The quantitative estimate of drug-likeness (QED) is 0.726. The van der Waals surface area contributed by atoms with Crippen molar-refractivity contribution in [2.24, 2.45) is 0 Å². The molecule has 1 aromatic carbocycles. The van der Waals surface area contributed by atoms with Crippen molar-refractivity contribution in [3.63, 3.8) is 0 Å². The van der Waals surface area contributed by atoms with Gasteiger partial charge in [-0.1, -0.05) is 19.1 Å². The number of hydrogen-bond donors (Lipinski definition) is 1. The van der Waals surface area contributed by atoms with Gasteiger partial charge in [0.2, 0.25) is 5.65 Å². The summed E-state index contributed by atoms with van der Waals surface area (Å²) < 4.78 is 1.88. The Morgan fingerprint density at radius 3 is 2.81 bits per heavy atom. The van der Waals surface area contributed by atoms with Crippen molar-refractivity contribution >= 4 is 17.2 Å². The number of aromatic nitrogens is 4. The molecule has 0 fully saturated rings. The first-order valence-electron chi connectivity index (χ1n) is 7.01. The monoisotopic (exact) mass is 282 g/mol. The fourth-order valence-electron chi connectivity index (χ4n) is 2.34. The number of nitrogens with zero attached hydrogens (tertiary/aromatic N) is 5.